The zero-order valence-corrected chi connectivity index (χ0v) is 12.1. The Kier molecular flexibility index (Phi) is 5.85. The number of nitrogens with zero attached hydrogens (tertiary/aromatic N) is 1. The lowest BCUT2D eigenvalue weighted by Crippen LogP contribution is -2.40. The van der Waals surface area contributed by atoms with Gasteiger partial charge in [-0.3, -0.25) is 4.79 Å². The molecule has 0 heterocycles. The van der Waals surface area contributed by atoms with Gasteiger partial charge in [-0.1, -0.05) is 45.8 Å². The molecule has 1 amide bonds. The fourth-order valence-corrected chi connectivity index (χ4v) is 2.15. The van der Waals surface area contributed by atoms with Gasteiger partial charge in [-0.15, -0.1) is 0 Å². The highest BCUT2D eigenvalue weighted by molar-refractivity contribution is 9.09. The summed E-state index contributed by atoms with van der Waals surface area (Å²) in [5.41, 5.74) is 1.71. The van der Waals surface area contributed by atoms with Crippen LogP contribution in [0.3, 0.4) is 0 Å². The standard InChI is InChI=1S/C13H15BrF3NO/c1-10-3-2-4-11(7-10)8-12(19)18(6-5-14)9-13(15,16)17/h2-4,7H,5-6,8-9H2,1H3. The number of amides is 1. The molecule has 0 unspecified atom stereocenters. The molecule has 0 saturated carbocycles. The predicted molar refractivity (Wildman–Crippen MR) is 71.3 cm³/mol. The molecule has 0 radical (unpaired) electrons. The number of carbonyl (C=O) groups is 1. The number of benzene rings is 1. The van der Waals surface area contributed by atoms with Crippen molar-refractivity contribution in [2.45, 2.75) is 19.5 Å². The fraction of sp³-hybridized carbons (Fsp3) is 0.462. The first kappa shape index (κ1) is 16.0. The van der Waals surface area contributed by atoms with Gasteiger partial charge in [0.15, 0.2) is 0 Å². The SMILES string of the molecule is Cc1cccc(CC(=O)N(CCBr)CC(F)(F)F)c1. The van der Waals surface area contributed by atoms with Gasteiger partial charge in [-0.25, -0.2) is 0 Å². The van der Waals surface area contributed by atoms with E-state index < -0.39 is 18.6 Å². The van der Waals surface area contributed by atoms with Gasteiger partial charge < -0.3 is 4.90 Å². The molecule has 0 spiro atoms. The van der Waals surface area contributed by atoms with Crippen LogP contribution in [-0.2, 0) is 11.2 Å². The molecule has 0 aromatic heterocycles. The van der Waals surface area contributed by atoms with Crippen molar-refractivity contribution in [3.05, 3.63) is 35.4 Å². The first-order chi connectivity index (χ1) is 8.81. The number of alkyl halides is 4. The van der Waals surface area contributed by atoms with Crippen LogP contribution in [0.4, 0.5) is 13.2 Å². The van der Waals surface area contributed by atoms with Crippen LogP contribution in [0.2, 0.25) is 0 Å². The van der Waals surface area contributed by atoms with Crippen molar-refractivity contribution in [1.82, 2.24) is 4.90 Å². The summed E-state index contributed by atoms with van der Waals surface area (Å²) >= 11 is 3.06. The number of carbonyl (C=O) groups excluding carboxylic acids is 1. The summed E-state index contributed by atoms with van der Waals surface area (Å²) in [4.78, 5) is 12.7. The van der Waals surface area contributed by atoms with E-state index in [9.17, 15) is 18.0 Å². The maximum Gasteiger partial charge on any atom is 0.406 e. The van der Waals surface area contributed by atoms with E-state index in [1.807, 2.05) is 13.0 Å². The van der Waals surface area contributed by atoms with Crippen LogP contribution in [-0.4, -0.2) is 35.4 Å². The Morgan fingerprint density at radius 3 is 2.58 bits per heavy atom. The largest absolute Gasteiger partial charge is 0.406 e. The topological polar surface area (TPSA) is 20.3 Å². The van der Waals surface area contributed by atoms with Gasteiger partial charge in [-0.05, 0) is 12.5 Å². The van der Waals surface area contributed by atoms with Crippen LogP contribution < -0.4 is 0 Å². The van der Waals surface area contributed by atoms with Crippen LogP contribution in [0, 0.1) is 6.92 Å². The van der Waals surface area contributed by atoms with Crippen molar-refractivity contribution in [3.8, 4) is 0 Å². The molecule has 0 bridgehead atoms. The Labute approximate surface area is 118 Å². The molecule has 0 aliphatic rings. The fourth-order valence-electron chi connectivity index (χ4n) is 1.72. The second-order valence-corrected chi connectivity index (χ2v) is 5.08. The zero-order valence-electron chi connectivity index (χ0n) is 10.5. The number of hydrogen-bond donors (Lipinski definition) is 0. The summed E-state index contributed by atoms with van der Waals surface area (Å²) in [5.74, 6) is -0.512. The molecule has 0 aliphatic carbocycles. The molecule has 2 nitrogen and oxygen atoms in total. The minimum atomic E-state index is -4.37. The van der Waals surface area contributed by atoms with E-state index in [1.165, 1.54) is 0 Å². The smallest absolute Gasteiger partial charge is 0.332 e. The zero-order chi connectivity index (χ0) is 14.5. The molecule has 1 rings (SSSR count). The van der Waals surface area contributed by atoms with Gasteiger partial charge in [0.05, 0.1) is 6.42 Å². The Bertz CT molecular complexity index is 434. The number of halogens is 4. The quantitative estimate of drug-likeness (QED) is 0.755. The Morgan fingerprint density at radius 2 is 2.05 bits per heavy atom. The van der Waals surface area contributed by atoms with E-state index in [4.69, 9.17) is 0 Å². The molecule has 1 aromatic rings. The average molecular weight is 338 g/mol. The predicted octanol–water partition coefficient (Wildman–Crippen LogP) is 3.32. The van der Waals surface area contributed by atoms with E-state index in [2.05, 4.69) is 15.9 Å². The average Bonchev–Trinajstić information content (AvgIpc) is 2.26. The molecule has 0 fully saturated rings. The second-order valence-electron chi connectivity index (χ2n) is 4.29. The summed E-state index contributed by atoms with van der Waals surface area (Å²) in [6.07, 6.45) is -4.38. The molecule has 1 aromatic carbocycles. The van der Waals surface area contributed by atoms with Crippen molar-refractivity contribution in [2.75, 3.05) is 18.4 Å². The number of aryl methyl sites for hydroxylation is 1. The Balaban J connectivity index is 2.71. The first-order valence-electron chi connectivity index (χ1n) is 5.78. The third-order valence-corrected chi connectivity index (χ3v) is 2.87. The summed E-state index contributed by atoms with van der Waals surface area (Å²) in [6, 6.07) is 7.21. The van der Waals surface area contributed by atoms with Crippen LogP contribution in [0.15, 0.2) is 24.3 Å². The third-order valence-electron chi connectivity index (χ3n) is 2.52. The normalized spacial score (nSPS) is 11.4. The Morgan fingerprint density at radius 1 is 1.37 bits per heavy atom. The lowest BCUT2D eigenvalue weighted by atomic mass is 10.1. The van der Waals surface area contributed by atoms with Gasteiger partial charge in [-0.2, -0.15) is 13.2 Å². The van der Waals surface area contributed by atoms with Crippen LogP contribution in [0.5, 0.6) is 0 Å². The van der Waals surface area contributed by atoms with Gasteiger partial charge in [0.25, 0.3) is 0 Å². The van der Waals surface area contributed by atoms with Gasteiger partial charge in [0.2, 0.25) is 5.91 Å². The highest BCUT2D eigenvalue weighted by Crippen LogP contribution is 2.17. The van der Waals surface area contributed by atoms with E-state index in [1.54, 1.807) is 18.2 Å². The van der Waals surface area contributed by atoms with E-state index in [0.29, 0.717) is 5.33 Å². The molecule has 106 valence electrons. The summed E-state index contributed by atoms with van der Waals surface area (Å²) in [7, 11) is 0. The molecule has 0 N–H and O–H groups in total. The molecule has 6 heteroatoms. The molecule has 0 atom stereocenters. The first-order valence-corrected chi connectivity index (χ1v) is 6.90. The molecule has 0 saturated heterocycles. The van der Waals surface area contributed by atoms with Crippen LogP contribution in [0.1, 0.15) is 11.1 Å². The Hall–Kier alpha value is -1.04. The van der Waals surface area contributed by atoms with Crippen LogP contribution >= 0.6 is 15.9 Å². The van der Waals surface area contributed by atoms with Gasteiger partial charge in [0, 0.05) is 11.9 Å². The lowest BCUT2D eigenvalue weighted by molar-refractivity contribution is -0.160. The van der Waals surface area contributed by atoms with Crippen molar-refractivity contribution >= 4 is 21.8 Å². The van der Waals surface area contributed by atoms with Gasteiger partial charge >= 0.3 is 6.18 Å². The second kappa shape index (κ2) is 6.93. The summed E-state index contributed by atoms with van der Waals surface area (Å²) in [5, 5.41) is 0.322. The molecular formula is C13H15BrF3NO. The molecular weight excluding hydrogens is 323 g/mol. The number of hydrogen-bond acceptors (Lipinski definition) is 1. The minimum absolute atomic E-state index is 0.00917. The minimum Gasteiger partial charge on any atom is -0.332 e. The van der Waals surface area contributed by atoms with Crippen molar-refractivity contribution in [1.29, 1.82) is 0 Å². The number of rotatable bonds is 5. The maximum absolute atomic E-state index is 12.4. The van der Waals surface area contributed by atoms with Crippen molar-refractivity contribution in [3.63, 3.8) is 0 Å². The third kappa shape index (κ3) is 6.09. The molecule has 19 heavy (non-hydrogen) atoms. The van der Waals surface area contributed by atoms with Crippen molar-refractivity contribution < 1.29 is 18.0 Å². The van der Waals surface area contributed by atoms with E-state index in [-0.39, 0.29) is 13.0 Å². The molecule has 0 aliphatic heterocycles. The highest BCUT2D eigenvalue weighted by atomic mass is 79.9. The van der Waals surface area contributed by atoms with E-state index >= 15 is 0 Å². The van der Waals surface area contributed by atoms with Crippen LogP contribution in [0.25, 0.3) is 0 Å². The highest BCUT2D eigenvalue weighted by Gasteiger charge is 2.32. The maximum atomic E-state index is 12.4. The van der Waals surface area contributed by atoms with Gasteiger partial charge in [0.1, 0.15) is 6.54 Å². The monoisotopic (exact) mass is 337 g/mol. The van der Waals surface area contributed by atoms with Crippen molar-refractivity contribution in [2.24, 2.45) is 0 Å². The summed E-state index contributed by atoms with van der Waals surface area (Å²) in [6.45, 7) is 0.716. The lowest BCUT2D eigenvalue weighted by Gasteiger charge is -2.23. The summed E-state index contributed by atoms with van der Waals surface area (Å²) < 4.78 is 37.1. The van der Waals surface area contributed by atoms with E-state index in [0.717, 1.165) is 16.0 Å².